The molecule has 11 aromatic rings. The molecule has 529 valence electrons. The Bertz CT molecular complexity index is 4580. The summed E-state index contributed by atoms with van der Waals surface area (Å²) in [6, 6.07) is 42.0. The number of carbonyl (C=O) groups excluding carboxylic acids is 3. The number of nitriles is 3. The van der Waals surface area contributed by atoms with Crippen molar-refractivity contribution in [3.8, 4) is 63.1 Å². The van der Waals surface area contributed by atoms with Crippen molar-refractivity contribution in [3.05, 3.63) is 203 Å². The van der Waals surface area contributed by atoms with E-state index >= 15 is 0 Å². The first kappa shape index (κ1) is 80.4. The molecule has 0 saturated carbocycles. The van der Waals surface area contributed by atoms with E-state index in [-0.39, 0.29) is 57.7 Å². The Morgan fingerprint density at radius 1 is 0.481 bits per heavy atom. The van der Waals surface area contributed by atoms with E-state index in [2.05, 4.69) is 161 Å². The summed E-state index contributed by atoms with van der Waals surface area (Å²) in [6.45, 7) is 23.7. The van der Waals surface area contributed by atoms with Gasteiger partial charge in [-0.3, -0.25) is 19.4 Å². The number of piperazine rings is 3. The number of hydrogen-bond acceptors (Lipinski definition) is 21. The number of hydrogen-bond donors (Lipinski definition) is 3. The molecule has 0 unspecified atom stereocenters. The fourth-order valence-corrected chi connectivity index (χ4v) is 12.2. The number of rotatable bonds is 12. The Balaban J connectivity index is 0.000000202. The van der Waals surface area contributed by atoms with Crippen molar-refractivity contribution in [3.63, 3.8) is 0 Å². The fourth-order valence-electron chi connectivity index (χ4n) is 12.2. The maximum atomic E-state index is 10.1. The van der Waals surface area contributed by atoms with Gasteiger partial charge in [0.15, 0.2) is 0 Å². The quantitative estimate of drug-likeness (QED) is 0.0835. The summed E-state index contributed by atoms with van der Waals surface area (Å²) >= 11 is 0. The molecule has 28 heteroatoms. The largest absolute Gasteiger partial charge is 1.00 e. The second kappa shape index (κ2) is 38.4. The molecule has 26 nitrogen and oxygen atoms in total. The molecule has 0 atom stereocenters. The van der Waals surface area contributed by atoms with Gasteiger partial charge in [-0.25, -0.2) is 28.5 Å². The molecule has 0 aliphatic carbocycles. The number of anilines is 3. The van der Waals surface area contributed by atoms with Crippen LogP contribution in [0.25, 0.3) is 49.9 Å². The van der Waals surface area contributed by atoms with E-state index in [4.69, 9.17) is 9.97 Å². The van der Waals surface area contributed by atoms with Crippen molar-refractivity contribution in [2.75, 3.05) is 93.2 Å². The van der Waals surface area contributed by atoms with Crippen molar-refractivity contribution in [2.24, 2.45) is 0 Å². The number of pyridine rings is 6. The molecule has 14 rings (SSSR count). The van der Waals surface area contributed by atoms with Crippen molar-refractivity contribution in [1.29, 1.82) is 15.8 Å². The number of aromatic nitrogens is 9. The predicted molar refractivity (Wildman–Crippen MR) is 395 cm³/mol. The van der Waals surface area contributed by atoms with Gasteiger partial charge in [0.25, 0.3) is 0 Å². The molecule has 3 saturated heterocycles. The van der Waals surface area contributed by atoms with E-state index in [1.54, 1.807) is 35.2 Å². The summed E-state index contributed by atoms with van der Waals surface area (Å²) in [4.78, 5) is 54.8. The minimum atomic E-state index is -0.562. The van der Waals surface area contributed by atoms with Gasteiger partial charge in [-0.2, -0.15) is 31.1 Å². The molecular weight excluding hydrogens is 1330 g/mol. The van der Waals surface area contributed by atoms with Crippen LogP contribution >= 0.6 is 0 Å². The molecule has 0 bridgehead atoms. The van der Waals surface area contributed by atoms with E-state index in [1.807, 2.05) is 43.6 Å². The van der Waals surface area contributed by atoms with Crippen LogP contribution in [0.15, 0.2) is 159 Å². The molecular formula is C76H83BN18NaO8. The Labute approximate surface area is 627 Å². The second-order valence-corrected chi connectivity index (χ2v) is 24.6. The van der Waals surface area contributed by atoms with Crippen LogP contribution in [0.3, 0.4) is 0 Å². The van der Waals surface area contributed by atoms with Crippen molar-refractivity contribution in [1.82, 2.24) is 58.9 Å². The van der Waals surface area contributed by atoms with E-state index in [9.17, 15) is 40.4 Å². The van der Waals surface area contributed by atoms with Crippen LogP contribution in [0.4, 0.5) is 17.5 Å². The number of esters is 2. The zero-order chi connectivity index (χ0) is 71.5. The topological polar surface area (TPSA) is 354 Å². The Hall–Kier alpha value is -10.9. The Morgan fingerprint density at radius 2 is 0.798 bits per heavy atom. The first-order valence-electron chi connectivity index (χ1n) is 33.4. The van der Waals surface area contributed by atoms with Crippen LogP contribution in [-0.4, -0.2) is 179 Å². The molecule has 7 N–H and O–H groups in total. The van der Waals surface area contributed by atoms with Gasteiger partial charge in [-0.1, -0.05) is 69.3 Å². The number of nitrogens with zero attached hydrogens (tertiary/aromatic N) is 17. The maximum absolute atomic E-state index is 10.1. The molecule has 9 aromatic heterocycles. The van der Waals surface area contributed by atoms with Crippen LogP contribution in [0.2, 0.25) is 0 Å². The molecule has 12 heterocycles. The average Bonchev–Trinajstić information content (AvgIpc) is 1.60. The average molecular weight is 1410 g/mol. The summed E-state index contributed by atoms with van der Waals surface area (Å²) in [6.07, 6.45) is 17.2. The molecule has 3 radical (unpaired) electrons. The monoisotopic (exact) mass is 1410 g/mol. The van der Waals surface area contributed by atoms with E-state index < -0.39 is 11.9 Å². The number of fused-ring (bicyclic) bond motifs is 3. The number of nitrogens with one attached hydrogen (secondary N) is 1. The third-order valence-electron chi connectivity index (χ3n) is 17.3. The van der Waals surface area contributed by atoms with Gasteiger partial charge in [0.1, 0.15) is 47.2 Å². The van der Waals surface area contributed by atoms with Gasteiger partial charge >= 0.3 is 41.5 Å². The minimum Gasteiger partial charge on any atom is -0.528 e. The van der Waals surface area contributed by atoms with Gasteiger partial charge < -0.3 is 58.6 Å². The second-order valence-electron chi connectivity index (χ2n) is 24.6. The summed E-state index contributed by atoms with van der Waals surface area (Å²) in [5.74, 6) is 1.94. The molecule has 0 amide bonds. The summed E-state index contributed by atoms with van der Waals surface area (Å²) < 4.78 is 8.81. The van der Waals surface area contributed by atoms with E-state index in [0.717, 1.165) is 166 Å². The smallest absolute Gasteiger partial charge is 0.528 e. The zero-order valence-corrected chi connectivity index (χ0v) is 61.5. The van der Waals surface area contributed by atoms with Gasteiger partial charge in [-0.05, 0) is 102 Å². The standard InChI is InChI=1S/C27H28N6.C26H26N6O.C17H16N6O.C4H6O3.C2H3BO.Na.2H2O/c1-3-21-4-6-22(7-5-21)19-31-10-12-32(13-11-31)26-9-8-23(16-29-26)25-14-20(2)18-33-27(25)24(15-28)17-30-33;1-2-19-3-5-20(6-4-19)17-30-9-11-31(12-10-30)25-8-7-21(15-28-25)24-13-23(33)18-32-26(24)22(14-27)16-29-32;18-8-13-10-21-23-11-14(24)7-15(17(13)23)12-1-2-16(20-9-12)22-5-3-19-4-6-22;1-3(5)7-4(2)6;1-2(3)4;;;/h4-9,14,16-18H,3,10-13,19H2,1-2H3;3-8,13,15-16,18,33H,2,9-12,17H2,1H3;1-2,7,9-11,19,24H,3-6H2;1-2H3;1H3;;2*1H2/q;;;;-1;+1;;. The van der Waals surface area contributed by atoms with E-state index in [1.165, 1.54) is 76.8 Å². The minimum absolute atomic E-state index is 0. The molecule has 3 aliphatic rings. The van der Waals surface area contributed by atoms with Crippen molar-refractivity contribution < 1.29 is 69.8 Å². The van der Waals surface area contributed by atoms with Gasteiger partial charge in [-0.15, -0.1) is 5.68 Å². The molecule has 3 aliphatic heterocycles. The van der Waals surface area contributed by atoms with Gasteiger partial charge in [0, 0.05) is 164 Å². The third-order valence-corrected chi connectivity index (χ3v) is 17.3. The molecule has 104 heavy (non-hydrogen) atoms. The molecule has 0 spiro atoms. The summed E-state index contributed by atoms with van der Waals surface area (Å²) in [7, 11) is 4.47. The Kier molecular flexibility index (Phi) is 29.7. The number of carbonyl (C=O) groups is 3. The van der Waals surface area contributed by atoms with Crippen LogP contribution in [-0.2, 0) is 45.1 Å². The normalized spacial score (nSPS) is 13.4. The summed E-state index contributed by atoms with van der Waals surface area (Å²) in [5.41, 5.74) is 15.1. The van der Waals surface area contributed by atoms with Gasteiger partial charge in [0.05, 0.1) is 64.2 Å². The molecule has 2 aromatic carbocycles. The fraction of sp³-hybridized carbons (Fsp3) is 0.289. The zero-order valence-electron chi connectivity index (χ0n) is 59.5. The number of aryl methyl sites for hydroxylation is 3. The van der Waals surface area contributed by atoms with Crippen LogP contribution in [0.5, 0.6) is 11.5 Å². The Morgan fingerprint density at radius 3 is 1.10 bits per heavy atom. The van der Waals surface area contributed by atoms with Gasteiger partial charge in [0.2, 0.25) is 0 Å². The SMILES string of the molecule is CC(=O)OC(C)=O.CCc1ccc(CN2CCN(c3ccc(-c4cc(C)cn5ncc(C#N)c45)cn3)CC2)cc1.CCc1ccc(CN2CCN(c3ccc(-c4cc(O)cn5ncc(C#N)c45)cn3)CC2)cc1.N#Cc1cnn2cc(O)cc(-c3ccc(N4CCNCC4)nc3)c12.O.O.[B-]C(C)=O.[Na+]. The molecule has 3 fully saturated rings. The van der Waals surface area contributed by atoms with E-state index in [0.29, 0.717) is 27.7 Å². The third kappa shape index (κ3) is 20.9. The number of ether oxygens (including phenoxy) is 1. The maximum Gasteiger partial charge on any atom is 1.00 e. The van der Waals surface area contributed by atoms with Crippen LogP contribution in [0.1, 0.15) is 79.1 Å². The predicted octanol–water partition coefficient (Wildman–Crippen LogP) is 4.85. The first-order valence-corrected chi connectivity index (χ1v) is 33.4. The van der Waals surface area contributed by atoms with Crippen LogP contribution in [0, 0.1) is 40.9 Å². The number of aromatic hydroxyl groups is 2. The summed E-state index contributed by atoms with van der Waals surface area (Å²) in [5, 5.41) is 64.2. The number of benzene rings is 2. The van der Waals surface area contributed by atoms with Crippen molar-refractivity contribution >= 4 is 59.5 Å². The van der Waals surface area contributed by atoms with Crippen molar-refractivity contribution in [2.45, 2.75) is 67.5 Å². The first-order chi connectivity index (χ1) is 48.9. The van der Waals surface area contributed by atoms with Crippen LogP contribution < -0.4 is 49.6 Å².